The molecule has 1 amide bonds. The van der Waals surface area contributed by atoms with Crippen LogP contribution in [0.1, 0.15) is 29.6 Å². The van der Waals surface area contributed by atoms with E-state index in [1.807, 2.05) is 6.07 Å². The Morgan fingerprint density at radius 1 is 1.28 bits per heavy atom. The van der Waals surface area contributed by atoms with Gasteiger partial charge in [-0.1, -0.05) is 23.7 Å². The maximum atomic E-state index is 13.6. The second-order valence-electron chi connectivity index (χ2n) is 7.60. The second-order valence-corrected chi connectivity index (χ2v) is 9.13. The molecule has 1 N–H and O–H groups in total. The number of benzene rings is 2. The molecule has 1 saturated carbocycles. The van der Waals surface area contributed by atoms with Crippen LogP contribution in [-0.2, 0) is 17.6 Å². The van der Waals surface area contributed by atoms with Crippen molar-refractivity contribution in [2.45, 2.75) is 31.2 Å². The van der Waals surface area contributed by atoms with Crippen molar-refractivity contribution in [1.29, 1.82) is 5.26 Å². The van der Waals surface area contributed by atoms with Crippen LogP contribution in [0.4, 0.5) is 4.39 Å². The fourth-order valence-electron chi connectivity index (χ4n) is 3.35. The van der Waals surface area contributed by atoms with E-state index in [2.05, 4.69) is 26.6 Å². The number of carbonyl (C=O) groups is 1. The first-order valence-corrected chi connectivity index (χ1v) is 11.0. The van der Waals surface area contributed by atoms with Crippen LogP contribution in [-0.4, -0.2) is 26.6 Å². The summed E-state index contributed by atoms with van der Waals surface area (Å²) in [7, 11) is 0. The van der Waals surface area contributed by atoms with E-state index in [9.17, 15) is 9.18 Å². The summed E-state index contributed by atoms with van der Waals surface area (Å²) in [6, 6.07) is 12.0. The minimum Gasteiger partial charge on any atom is -0.424 e. The number of rotatable bonds is 6. The molecule has 32 heavy (non-hydrogen) atoms. The molecule has 4 aromatic rings. The van der Waals surface area contributed by atoms with E-state index >= 15 is 0 Å². The summed E-state index contributed by atoms with van der Waals surface area (Å²) in [5, 5.41) is 20.9. The molecule has 1 fully saturated rings. The van der Waals surface area contributed by atoms with Gasteiger partial charge in [-0.25, -0.2) is 9.37 Å². The molecule has 5 rings (SSSR count). The third kappa shape index (κ3) is 4.20. The van der Waals surface area contributed by atoms with E-state index in [4.69, 9.17) is 21.3 Å². The Labute approximate surface area is 190 Å². The molecule has 0 radical (unpaired) electrons. The van der Waals surface area contributed by atoms with Crippen LogP contribution in [0.2, 0.25) is 5.02 Å². The zero-order valence-electron chi connectivity index (χ0n) is 16.6. The summed E-state index contributed by atoms with van der Waals surface area (Å²) in [5.74, 6) is -0.128. The number of hydrogen-bond acceptors (Lipinski definition) is 7. The summed E-state index contributed by atoms with van der Waals surface area (Å²) in [6.45, 7) is 0. The predicted octanol–water partition coefficient (Wildman–Crippen LogP) is 4.44. The van der Waals surface area contributed by atoms with Crippen molar-refractivity contribution >= 4 is 39.1 Å². The third-order valence-corrected chi connectivity index (χ3v) is 6.45. The summed E-state index contributed by atoms with van der Waals surface area (Å²) >= 11 is 7.86. The predicted molar refractivity (Wildman–Crippen MR) is 117 cm³/mol. The van der Waals surface area contributed by atoms with Crippen LogP contribution in [0.15, 0.2) is 40.8 Å². The fraction of sp³-hybridized carbons (Fsp3) is 0.227. The second kappa shape index (κ2) is 7.97. The van der Waals surface area contributed by atoms with E-state index in [0.717, 1.165) is 20.8 Å². The monoisotopic (exact) mass is 467 g/mol. The number of aromatic nitrogens is 3. The minimum atomic E-state index is -0.730. The molecule has 10 heteroatoms. The lowest BCUT2D eigenvalue weighted by Gasteiger charge is -2.06. The van der Waals surface area contributed by atoms with E-state index in [-0.39, 0.29) is 24.0 Å². The molecule has 0 spiro atoms. The highest BCUT2D eigenvalue weighted by molar-refractivity contribution is 7.18. The lowest BCUT2D eigenvalue weighted by Crippen LogP contribution is -2.36. The van der Waals surface area contributed by atoms with Crippen molar-refractivity contribution < 1.29 is 13.6 Å². The molecule has 0 bridgehead atoms. The smallest absolute Gasteiger partial charge is 0.230 e. The first kappa shape index (κ1) is 20.5. The van der Waals surface area contributed by atoms with E-state index in [1.165, 1.54) is 23.5 Å². The largest absolute Gasteiger partial charge is 0.424 e. The number of halogens is 2. The number of amides is 1. The topological polar surface area (TPSA) is 105 Å². The highest BCUT2D eigenvalue weighted by Crippen LogP contribution is 2.35. The Morgan fingerprint density at radius 3 is 2.84 bits per heavy atom. The lowest BCUT2D eigenvalue weighted by molar-refractivity contribution is -0.121. The highest BCUT2D eigenvalue weighted by atomic mass is 35.5. The van der Waals surface area contributed by atoms with Crippen molar-refractivity contribution in [3.63, 3.8) is 0 Å². The van der Waals surface area contributed by atoms with Gasteiger partial charge in [-0.3, -0.25) is 4.79 Å². The van der Waals surface area contributed by atoms with Gasteiger partial charge in [0, 0.05) is 5.56 Å². The Morgan fingerprint density at radius 2 is 2.09 bits per heavy atom. The van der Waals surface area contributed by atoms with Gasteiger partial charge in [-0.2, -0.15) is 5.26 Å². The molecule has 2 aromatic carbocycles. The molecule has 1 aliphatic rings. The van der Waals surface area contributed by atoms with Crippen molar-refractivity contribution in [3.8, 4) is 17.2 Å². The van der Waals surface area contributed by atoms with Crippen LogP contribution in [0.3, 0.4) is 0 Å². The summed E-state index contributed by atoms with van der Waals surface area (Å²) < 4.78 is 20.1. The maximum absolute atomic E-state index is 13.6. The van der Waals surface area contributed by atoms with Crippen molar-refractivity contribution in [3.05, 3.63) is 64.0 Å². The van der Waals surface area contributed by atoms with Gasteiger partial charge in [0.15, 0.2) is 0 Å². The summed E-state index contributed by atoms with van der Waals surface area (Å²) in [6.07, 6.45) is 1.55. The number of nitriles is 1. The van der Waals surface area contributed by atoms with E-state index in [0.29, 0.717) is 35.7 Å². The quantitative estimate of drug-likeness (QED) is 0.449. The molecule has 0 aliphatic heterocycles. The van der Waals surface area contributed by atoms with Crippen molar-refractivity contribution in [2.75, 3.05) is 0 Å². The number of nitrogens with zero attached hydrogens (tertiary/aromatic N) is 4. The average molecular weight is 468 g/mol. The molecule has 7 nitrogen and oxygen atoms in total. The Hall–Kier alpha value is -3.35. The minimum absolute atomic E-state index is 0.0805. The Kier molecular flexibility index (Phi) is 5.12. The Balaban J connectivity index is 1.32. The molecule has 160 valence electrons. The zero-order chi connectivity index (χ0) is 22.3. The van der Waals surface area contributed by atoms with Gasteiger partial charge in [0.05, 0.1) is 27.7 Å². The van der Waals surface area contributed by atoms with Gasteiger partial charge in [-0.05, 0) is 42.7 Å². The summed E-state index contributed by atoms with van der Waals surface area (Å²) in [4.78, 5) is 16.7. The van der Waals surface area contributed by atoms with Crippen molar-refractivity contribution in [1.82, 2.24) is 20.5 Å². The standard InChI is InChI=1S/C22H15ClFN5O2S/c23-15-8-16-17(7-14(15)12-2-1-3-13(24)6-12)32-21(26-16)10-20-29-28-19(31-20)9-18(30)27-22(11-25)4-5-22/h1-3,6-8H,4-5,9-10H2,(H,27,30). The van der Waals surface area contributed by atoms with Crippen LogP contribution in [0.25, 0.3) is 21.3 Å². The molecule has 0 unspecified atom stereocenters. The Bertz CT molecular complexity index is 1390. The van der Waals surface area contributed by atoms with Gasteiger partial charge in [0.2, 0.25) is 17.7 Å². The molecular formula is C22H15ClFN5O2S. The molecule has 0 atom stereocenters. The average Bonchev–Trinajstić information content (AvgIpc) is 3.21. The van der Waals surface area contributed by atoms with E-state index in [1.54, 1.807) is 18.2 Å². The first-order valence-electron chi connectivity index (χ1n) is 9.81. The number of hydrogen-bond donors (Lipinski definition) is 1. The normalized spacial score (nSPS) is 14.3. The van der Waals surface area contributed by atoms with Gasteiger partial charge in [-0.15, -0.1) is 21.5 Å². The van der Waals surface area contributed by atoms with Crippen LogP contribution in [0.5, 0.6) is 0 Å². The lowest BCUT2D eigenvalue weighted by atomic mass is 10.1. The summed E-state index contributed by atoms with van der Waals surface area (Å²) in [5.41, 5.74) is 1.41. The number of carbonyl (C=O) groups excluding carboxylic acids is 1. The van der Waals surface area contributed by atoms with Gasteiger partial charge < -0.3 is 9.73 Å². The van der Waals surface area contributed by atoms with Gasteiger partial charge in [0.25, 0.3) is 0 Å². The number of nitrogens with one attached hydrogen (secondary N) is 1. The van der Waals surface area contributed by atoms with Crippen molar-refractivity contribution in [2.24, 2.45) is 0 Å². The molecule has 0 saturated heterocycles. The number of fused-ring (bicyclic) bond motifs is 1. The van der Waals surface area contributed by atoms with Crippen LogP contribution < -0.4 is 5.32 Å². The zero-order valence-corrected chi connectivity index (χ0v) is 18.1. The first-order chi connectivity index (χ1) is 15.4. The fourth-order valence-corrected chi connectivity index (χ4v) is 4.59. The molecule has 1 aliphatic carbocycles. The van der Waals surface area contributed by atoms with Gasteiger partial charge >= 0.3 is 0 Å². The van der Waals surface area contributed by atoms with E-state index < -0.39 is 5.54 Å². The van der Waals surface area contributed by atoms with Gasteiger partial charge in [0.1, 0.15) is 22.8 Å². The van der Waals surface area contributed by atoms with Crippen LogP contribution in [0, 0.1) is 17.1 Å². The molecule has 2 heterocycles. The molecular weight excluding hydrogens is 453 g/mol. The van der Waals surface area contributed by atoms with Crippen LogP contribution >= 0.6 is 22.9 Å². The SMILES string of the molecule is N#CC1(NC(=O)Cc2nnc(Cc3nc4cc(Cl)c(-c5cccc(F)c5)cc4s3)o2)CC1. The third-order valence-electron chi connectivity index (χ3n) is 5.12. The number of thiazole rings is 1. The highest BCUT2D eigenvalue weighted by Gasteiger charge is 2.44. The maximum Gasteiger partial charge on any atom is 0.230 e. The molecule has 2 aromatic heterocycles.